The largest absolute Gasteiger partial charge is 0.508 e. The van der Waals surface area contributed by atoms with Crippen LogP contribution in [-0.4, -0.2) is 50.7 Å². The lowest BCUT2D eigenvalue weighted by Crippen LogP contribution is -2.69. The molecular weight excluding hydrogens is 438 g/mol. The lowest BCUT2D eigenvalue weighted by molar-refractivity contribution is -0.0457. The Morgan fingerprint density at radius 1 is 0.971 bits per heavy atom. The number of phenols is 1. The maximum atomic E-state index is 14.3. The molecule has 0 spiro atoms. The molecular formula is C29H37N3O3. The third-order valence-electron chi connectivity index (χ3n) is 10.7. The van der Waals surface area contributed by atoms with Crippen molar-refractivity contribution in [3.8, 4) is 5.75 Å². The number of urea groups is 1. The number of piperidine rings is 2. The van der Waals surface area contributed by atoms with Crippen molar-refractivity contribution in [2.24, 2.45) is 10.8 Å². The second-order valence-corrected chi connectivity index (χ2v) is 12.6. The monoisotopic (exact) mass is 475 g/mol. The summed E-state index contributed by atoms with van der Waals surface area (Å²) in [5, 5.41) is 10.7. The summed E-state index contributed by atoms with van der Waals surface area (Å²) in [7, 11) is 0. The number of fused-ring (bicyclic) bond motifs is 8. The van der Waals surface area contributed by atoms with Crippen molar-refractivity contribution < 1.29 is 9.90 Å². The van der Waals surface area contributed by atoms with Crippen molar-refractivity contribution in [2.45, 2.75) is 83.8 Å². The Labute approximate surface area is 207 Å². The molecule has 35 heavy (non-hydrogen) atoms. The van der Waals surface area contributed by atoms with Crippen LogP contribution in [0, 0.1) is 10.8 Å². The summed E-state index contributed by atoms with van der Waals surface area (Å²) < 4.78 is 1.89. The van der Waals surface area contributed by atoms with Crippen molar-refractivity contribution in [3.05, 3.63) is 63.6 Å². The van der Waals surface area contributed by atoms with Crippen molar-refractivity contribution in [3.63, 3.8) is 0 Å². The summed E-state index contributed by atoms with van der Waals surface area (Å²) in [5.41, 5.74) is 3.01. The minimum Gasteiger partial charge on any atom is -0.508 e. The van der Waals surface area contributed by atoms with E-state index in [2.05, 4.69) is 56.6 Å². The number of benzene rings is 1. The van der Waals surface area contributed by atoms with Gasteiger partial charge in [-0.2, -0.15) is 0 Å². The first-order chi connectivity index (χ1) is 16.5. The summed E-state index contributed by atoms with van der Waals surface area (Å²) in [4.78, 5) is 31.2. The third kappa shape index (κ3) is 2.82. The van der Waals surface area contributed by atoms with E-state index in [-0.39, 0.29) is 45.8 Å². The number of phenolic OH excluding ortho intramolecular Hbond substituents is 1. The molecule has 6 nitrogen and oxygen atoms in total. The maximum absolute atomic E-state index is 14.3. The number of likely N-dealkylation sites (tertiary alicyclic amines) is 2. The zero-order chi connectivity index (χ0) is 24.9. The molecule has 3 aliphatic heterocycles. The first-order valence-electron chi connectivity index (χ1n) is 13.1. The van der Waals surface area contributed by atoms with Gasteiger partial charge in [0.1, 0.15) is 5.75 Å². The molecule has 6 heteroatoms. The molecule has 0 radical (unpaired) electrons. The molecule has 4 bridgehead atoms. The summed E-state index contributed by atoms with van der Waals surface area (Å²) in [6.07, 6.45) is 2.40. The number of pyridine rings is 1. The highest BCUT2D eigenvalue weighted by atomic mass is 16.3. The zero-order valence-electron chi connectivity index (χ0n) is 21.5. The molecule has 4 heterocycles. The molecule has 1 aromatic heterocycles. The summed E-state index contributed by atoms with van der Waals surface area (Å²) in [6, 6.07) is 11.5. The van der Waals surface area contributed by atoms with Crippen LogP contribution in [0.15, 0.2) is 41.2 Å². The Morgan fingerprint density at radius 2 is 1.69 bits per heavy atom. The molecule has 2 fully saturated rings. The Bertz CT molecular complexity index is 1280. The lowest BCUT2D eigenvalue weighted by atomic mass is 9.51. The van der Waals surface area contributed by atoms with E-state index in [0.717, 1.165) is 24.1 Å². The average Bonchev–Trinajstić information content (AvgIpc) is 2.77. The Balaban J connectivity index is 1.37. The number of rotatable bonds is 0. The standard InChI is InChI=1S/C29H37N3O3/c1-27(2)20-12-14-30(24(27)17-32-21(20)9-7-11-25(32)34)26(35)31-15-13-29(5)19-8-6-10-22(33)18(19)16-23(31)28(29,3)4/h6-11,20,23-24,33H,12-17H2,1-5H3/t20-,23-,24-,29+/m0/s1. The second-order valence-electron chi connectivity index (χ2n) is 12.6. The highest BCUT2D eigenvalue weighted by Crippen LogP contribution is 2.58. The molecule has 1 aromatic carbocycles. The minimum atomic E-state index is -0.133. The summed E-state index contributed by atoms with van der Waals surface area (Å²) >= 11 is 0. The van der Waals surface area contributed by atoms with Gasteiger partial charge in [0.25, 0.3) is 5.56 Å². The van der Waals surface area contributed by atoms with Crippen LogP contribution in [0.2, 0.25) is 0 Å². The van der Waals surface area contributed by atoms with E-state index < -0.39 is 0 Å². The fourth-order valence-electron chi connectivity index (χ4n) is 8.05. The smallest absolute Gasteiger partial charge is 0.320 e. The molecule has 0 saturated carbocycles. The summed E-state index contributed by atoms with van der Waals surface area (Å²) in [6.45, 7) is 13.4. The van der Waals surface area contributed by atoms with Crippen LogP contribution in [-0.2, 0) is 18.4 Å². The third-order valence-corrected chi connectivity index (χ3v) is 10.7. The average molecular weight is 476 g/mol. The normalized spacial score (nSPS) is 32.0. The van der Waals surface area contributed by atoms with Crippen LogP contribution < -0.4 is 5.56 Å². The van der Waals surface area contributed by atoms with Crippen molar-refractivity contribution in [1.29, 1.82) is 0 Å². The number of nitrogens with zero attached hydrogens (tertiary/aromatic N) is 3. The van der Waals surface area contributed by atoms with Gasteiger partial charge in [-0.1, -0.05) is 52.8 Å². The second kappa shape index (κ2) is 7.14. The van der Waals surface area contributed by atoms with Gasteiger partial charge in [0, 0.05) is 48.8 Å². The number of aromatic nitrogens is 1. The van der Waals surface area contributed by atoms with Gasteiger partial charge in [-0.05, 0) is 53.4 Å². The topological polar surface area (TPSA) is 65.8 Å². The highest BCUT2D eigenvalue weighted by molar-refractivity contribution is 5.76. The fraction of sp³-hybridized carbons (Fsp3) is 0.586. The van der Waals surface area contributed by atoms with Gasteiger partial charge in [-0.3, -0.25) is 4.79 Å². The number of carbonyl (C=O) groups is 1. The van der Waals surface area contributed by atoms with Gasteiger partial charge >= 0.3 is 6.03 Å². The molecule has 186 valence electrons. The van der Waals surface area contributed by atoms with E-state index in [1.807, 2.05) is 16.7 Å². The molecule has 4 atom stereocenters. The van der Waals surface area contributed by atoms with Gasteiger partial charge in [-0.25, -0.2) is 4.79 Å². The number of carbonyl (C=O) groups excluding carboxylic acids is 1. The summed E-state index contributed by atoms with van der Waals surface area (Å²) in [5.74, 6) is 0.604. The lowest BCUT2D eigenvalue weighted by Gasteiger charge is -2.62. The van der Waals surface area contributed by atoms with Crippen LogP contribution in [0.3, 0.4) is 0 Å². The van der Waals surface area contributed by atoms with E-state index in [1.54, 1.807) is 12.1 Å². The van der Waals surface area contributed by atoms with Crippen LogP contribution in [0.25, 0.3) is 0 Å². The molecule has 1 N–H and O–H groups in total. The fourth-order valence-corrected chi connectivity index (χ4v) is 8.05. The maximum Gasteiger partial charge on any atom is 0.320 e. The first kappa shape index (κ1) is 22.7. The Hall–Kier alpha value is -2.76. The van der Waals surface area contributed by atoms with Crippen LogP contribution >= 0.6 is 0 Å². The predicted octanol–water partition coefficient (Wildman–Crippen LogP) is 4.49. The molecule has 0 unspecified atom stereocenters. The first-order valence-corrected chi connectivity index (χ1v) is 13.1. The van der Waals surface area contributed by atoms with E-state index >= 15 is 0 Å². The van der Waals surface area contributed by atoms with E-state index in [1.165, 1.54) is 5.56 Å². The van der Waals surface area contributed by atoms with Gasteiger partial charge in [0.2, 0.25) is 0 Å². The van der Waals surface area contributed by atoms with Crippen LogP contribution in [0.1, 0.15) is 70.2 Å². The molecule has 6 rings (SSSR count). The number of amides is 2. The van der Waals surface area contributed by atoms with E-state index in [0.29, 0.717) is 31.8 Å². The minimum absolute atomic E-state index is 0.00832. The van der Waals surface area contributed by atoms with E-state index in [9.17, 15) is 14.7 Å². The molecule has 2 amide bonds. The highest BCUT2D eigenvalue weighted by Gasteiger charge is 2.59. The SMILES string of the molecule is CC1(C)[C@@H]2Cn3c(cccc3=O)[C@@H]1CCN2C(=O)N1CC[C@]2(C)c3cccc(O)c3C[C@H]1C2(C)C. The van der Waals surface area contributed by atoms with Crippen LogP contribution in [0.4, 0.5) is 4.79 Å². The van der Waals surface area contributed by atoms with Gasteiger partial charge in [0.15, 0.2) is 0 Å². The molecule has 2 saturated heterocycles. The van der Waals surface area contributed by atoms with Crippen molar-refractivity contribution >= 4 is 6.03 Å². The Kier molecular flexibility index (Phi) is 4.63. The van der Waals surface area contributed by atoms with Gasteiger partial charge in [-0.15, -0.1) is 0 Å². The van der Waals surface area contributed by atoms with Gasteiger partial charge in [0.05, 0.1) is 6.04 Å². The van der Waals surface area contributed by atoms with Crippen molar-refractivity contribution in [2.75, 3.05) is 13.1 Å². The molecule has 4 aliphatic rings. The van der Waals surface area contributed by atoms with E-state index in [4.69, 9.17) is 0 Å². The number of hydrogen-bond acceptors (Lipinski definition) is 3. The predicted molar refractivity (Wildman–Crippen MR) is 136 cm³/mol. The number of aromatic hydroxyl groups is 1. The van der Waals surface area contributed by atoms with Crippen molar-refractivity contribution in [1.82, 2.24) is 14.4 Å². The Morgan fingerprint density at radius 3 is 2.46 bits per heavy atom. The molecule has 2 aromatic rings. The van der Waals surface area contributed by atoms with Gasteiger partial charge < -0.3 is 19.5 Å². The van der Waals surface area contributed by atoms with Crippen LogP contribution in [0.5, 0.6) is 5.75 Å². The molecule has 1 aliphatic carbocycles. The number of hydrogen-bond donors (Lipinski definition) is 1. The zero-order valence-corrected chi connectivity index (χ0v) is 21.5. The quantitative estimate of drug-likeness (QED) is 0.611.